The van der Waals surface area contributed by atoms with Crippen molar-refractivity contribution < 1.29 is 18.3 Å². The molecule has 20 heavy (non-hydrogen) atoms. The Bertz CT molecular complexity index is 508. The summed E-state index contributed by atoms with van der Waals surface area (Å²) >= 11 is 0. The van der Waals surface area contributed by atoms with E-state index in [-0.39, 0.29) is 23.9 Å². The Kier molecular flexibility index (Phi) is 4.54. The lowest BCUT2D eigenvalue weighted by molar-refractivity contribution is 0.0520. The second-order valence-corrected chi connectivity index (χ2v) is 4.78. The highest BCUT2D eigenvalue weighted by Gasteiger charge is 2.24. The van der Waals surface area contributed by atoms with Gasteiger partial charge in [-0.15, -0.1) is 0 Å². The van der Waals surface area contributed by atoms with Gasteiger partial charge in [0.25, 0.3) is 0 Å². The quantitative estimate of drug-likeness (QED) is 0.861. The Labute approximate surface area is 116 Å². The Morgan fingerprint density at radius 1 is 1.45 bits per heavy atom. The number of piperazine rings is 1. The van der Waals surface area contributed by atoms with Crippen LogP contribution in [-0.4, -0.2) is 38.3 Å². The lowest BCUT2D eigenvalue weighted by Gasteiger charge is -2.33. The molecule has 1 saturated heterocycles. The van der Waals surface area contributed by atoms with E-state index in [2.05, 4.69) is 5.32 Å². The van der Waals surface area contributed by atoms with E-state index in [9.17, 15) is 13.6 Å². The monoisotopic (exact) mass is 284 g/mol. The summed E-state index contributed by atoms with van der Waals surface area (Å²) in [5.74, 6) is -2.99. The Morgan fingerprint density at radius 3 is 2.85 bits per heavy atom. The summed E-state index contributed by atoms with van der Waals surface area (Å²) in [5, 5.41) is 3.23. The molecular formula is C14H18F2N2O2. The average molecular weight is 284 g/mol. The van der Waals surface area contributed by atoms with Gasteiger partial charge >= 0.3 is 5.97 Å². The smallest absolute Gasteiger partial charge is 0.341 e. The molecule has 2 rings (SSSR count). The van der Waals surface area contributed by atoms with Gasteiger partial charge in [0.1, 0.15) is 0 Å². The molecule has 1 N–H and O–H groups in total. The zero-order valence-corrected chi connectivity index (χ0v) is 11.6. The molecule has 1 aromatic rings. The molecule has 1 aliphatic rings. The van der Waals surface area contributed by atoms with E-state index in [0.29, 0.717) is 19.6 Å². The van der Waals surface area contributed by atoms with Crippen LogP contribution < -0.4 is 10.2 Å². The Hall–Kier alpha value is -1.69. The molecule has 0 amide bonds. The van der Waals surface area contributed by atoms with Gasteiger partial charge in [-0.1, -0.05) is 0 Å². The van der Waals surface area contributed by atoms with E-state index in [1.54, 1.807) is 11.8 Å². The van der Waals surface area contributed by atoms with Crippen molar-refractivity contribution >= 4 is 11.7 Å². The van der Waals surface area contributed by atoms with Crippen molar-refractivity contribution in [3.63, 3.8) is 0 Å². The largest absolute Gasteiger partial charge is 0.462 e. The van der Waals surface area contributed by atoms with E-state index in [0.717, 1.165) is 0 Å². The Balaban J connectivity index is 2.28. The number of halogens is 2. The van der Waals surface area contributed by atoms with Gasteiger partial charge in [-0.2, -0.15) is 0 Å². The first-order valence-electron chi connectivity index (χ1n) is 6.68. The van der Waals surface area contributed by atoms with Gasteiger partial charge < -0.3 is 15.0 Å². The molecule has 0 aliphatic carbocycles. The van der Waals surface area contributed by atoms with Crippen molar-refractivity contribution in [2.75, 3.05) is 31.1 Å². The summed E-state index contributed by atoms with van der Waals surface area (Å²) in [4.78, 5) is 13.3. The third-order valence-corrected chi connectivity index (χ3v) is 3.27. The number of carbonyl (C=O) groups is 1. The predicted octanol–water partition coefficient (Wildman–Crippen LogP) is 1.94. The van der Waals surface area contributed by atoms with Gasteiger partial charge in [0, 0.05) is 25.7 Å². The highest BCUT2D eigenvalue weighted by molar-refractivity contribution is 5.90. The first-order valence-corrected chi connectivity index (χ1v) is 6.68. The fourth-order valence-electron chi connectivity index (χ4n) is 2.30. The number of carbonyl (C=O) groups excluding carboxylic acids is 1. The van der Waals surface area contributed by atoms with Crippen molar-refractivity contribution in [1.29, 1.82) is 0 Å². The van der Waals surface area contributed by atoms with Crippen LogP contribution in [0, 0.1) is 11.6 Å². The van der Waals surface area contributed by atoms with Crippen LogP contribution in [0.5, 0.6) is 0 Å². The van der Waals surface area contributed by atoms with E-state index >= 15 is 0 Å². The minimum absolute atomic E-state index is 0.122. The number of nitrogens with zero attached hydrogens (tertiary/aromatic N) is 1. The number of hydrogen-bond acceptors (Lipinski definition) is 4. The molecule has 1 heterocycles. The van der Waals surface area contributed by atoms with Crippen LogP contribution in [-0.2, 0) is 4.74 Å². The molecule has 0 aromatic heterocycles. The first-order chi connectivity index (χ1) is 9.54. The number of benzene rings is 1. The number of rotatable bonds is 3. The van der Waals surface area contributed by atoms with Gasteiger partial charge in [0.2, 0.25) is 0 Å². The lowest BCUT2D eigenvalue weighted by atomic mass is 10.1. The molecule has 1 aliphatic heterocycles. The molecule has 110 valence electrons. The van der Waals surface area contributed by atoms with Gasteiger partial charge in [-0.25, -0.2) is 13.6 Å². The highest BCUT2D eigenvalue weighted by Crippen LogP contribution is 2.25. The molecule has 1 aromatic carbocycles. The van der Waals surface area contributed by atoms with Crippen LogP contribution in [0.4, 0.5) is 14.5 Å². The van der Waals surface area contributed by atoms with Gasteiger partial charge in [0.05, 0.1) is 17.9 Å². The van der Waals surface area contributed by atoms with Gasteiger partial charge in [-0.05, 0) is 26.0 Å². The van der Waals surface area contributed by atoms with Crippen molar-refractivity contribution in [3.05, 3.63) is 29.3 Å². The molecule has 1 atom stereocenters. The molecule has 0 spiro atoms. The average Bonchev–Trinajstić information content (AvgIpc) is 2.42. The van der Waals surface area contributed by atoms with E-state index in [4.69, 9.17) is 4.74 Å². The molecular weight excluding hydrogens is 266 g/mol. The second kappa shape index (κ2) is 6.17. The van der Waals surface area contributed by atoms with Crippen LogP contribution in [0.1, 0.15) is 24.2 Å². The molecule has 0 unspecified atom stereocenters. The molecule has 4 nitrogen and oxygen atoms in total. The summed E-state index contributed by atoms with van der Waals surface area (Å²) in [6.45, 7) is 5.61. The Morgan fingerprint density at radius 2 is 2.20 bits per heavy atom. The number of esters is 1. The first kappa shape index (κ1) is 14.7. The maximum absolute atomic E-state index is 14.1. The van der Waals surface area contributed by atoms with Gasteiger partial charge in [0.15, 0.2) is 11.6 Å². The van der Waals surface area contributed by atoms with Crippen molar-refractivity contribution in [1.82, 2.24) is 5.32 Å². The number of hydrogen-bond donors (Lipinski definition) is 1. The molecule has 0 bridgehead atoms. The molecule has 1 fully saturated rings. The molecule has 6 heteroatoms. The van der Waals surface area contributed by atoms with Crippen LogP contribution >= 0.6 is 0 Å². The zero-order valence-electron chi connectivity index (χ0n) is 11.6. The van der Waals surface area contributed by atoms with Crippen LogP contribution in [0.3, 0.4) is 0 Å². The fraction of sp³-hybridized carbons (Fsp3) is 0.500. The zero-order chi connectivity index (χ0) is 14.7. The minimum Gasteiger partial charge on any atom is -0.462 e. The molecule has 0 radical (unpaired) electrons. The van der Waals surface area contributed by atoms with Crippen LogP contribution in [0.15, 0.2) is 12.1 Å². The fourth-order valence-corrected chi connectivity index (χ4v) is 2.30. The summed E-state index contributed by atoms with van der Waals surface area (Å²) in [6.07, 6.45) is 0. The minimum atomic E-state index is -1.15. The normalized spacial score (nSPS) is 19.0. The second-order valence-electron chi connectivity index (χ2n) is 4.78. The van der Waals surface area contributed by atoms with Gasteiger partial charge in [-0.3, -0.25) is 0 Å². The summed E-state index contributed by atoms with van der Waals surface area (Å²) in [6, 6.07) is 2.91. The van der Waals surface area contributed by atoms with Crippen LogP contribution in [0.25, 0.3) is 0 Å². The van der Waals surface area contributed by atoms with E-state index < -0.39 is 17.6 Å². The van der Waals surface area contributed by atoms with Crippen molar-refractivity contribution in [2.45, 2.75) is 19.9 Å². The maximum Gasteiger partial charge on any atom is 0.341 e. The SMILES string of the molecule is CCOC(=O)c1ccc(N2CCN[C@H](C)C2)c(F)c1F. The van der Waals surface area contributed by atoms with Crippen LogP contribution in [0.2, 0.25) is 0 Å². The topological polar surface area (TPSA) is 41.6 Å². The molecule has 0 saturated carbocycles. The predicted molar refractivity (Wildman–Crippen MR) is 72.0 cm³/mol. The number of anilines is 1. The van der Waals surface area contributed by atoms with Crippen molar-refractivity contribution in [3.8, 4) is 0 Å². The number of nitrogens with one attached hydrogen (secondary N) is 1. The third kappa shape index (κ3) is 2.90. The summed E-state index contributed by atoms with van der Waals surface area (Å²) in [7, 11) is 0. The lowest BCUT2D eigenvalue weighted by Crippen LogP contribution is -2.49. The van der Waals surface area contributed by atoms with E-state index in [1.165, 1.54) is 12.1 Å². The summed E-state index contributed by atoms with van der Waals surface area (Å²) < 4.78 is 32.8. The standard InChI is InChI=1S/C14H18F2N2O2/c1-3-20-14(19)10-4-5-11(13(16)12(10)15)18-7-6-17-9(2)8-18/h4-5,9,17H,3,6-8H2,1-2H3/t9-/m1/s1. The maximum atomic E-state index is 14.1. The summed E-state index contributed by atoms with van der Waals surface area (Å²) in [5.41, 5.74) is -0.180. The third-order valence-electron chi connectivity index (χ3n) is 3.27. The van der Waals surface area contributed by atoms with E-state index in [1.807, 2.05) is 6.92 Å². The highest BCUT2D eigenvalue weighted by atomic mass is 19.2. The van der Waals surface area contributed by atoms with Crippen molar-refractivity contribution in [2.24, 2.45) is 0 Å². The number of ether oxygens (including phenoxy) is 1.